The second kappa shape index (κ2) is 5.80. The van der Waals surface area contributed by atoms with Crippen LogP contribution in [-0.4, -0.2) is 31.3 Å². The first kappa shape index (κ1) is 12.8. The Balaban J connectivity index is 2.21. The Morgan fingerprint density at radius 3 is 2.94 bits per heavy atom. The van der Waals surface area contributed by atoms with Crippen LogP contribution in [0.3, 0.4) is 0 Å². The molecular weight excluding hydrogens is 282 g/mol. The molecule has 2 rings (SSSR count). The smallest absolute Gasteiger partial charge is 0.133 e. The number of rotatable bonds is 6. The van der Waals surface area contributed by atoms with Crippen LogP contribution in [0.15, 0.2) is 16.7 Å². The van der Waals surface area contributed by atoms with Crippen molar-refractivity contribution in [1.82, 2.24) is 4.98 Å². The zero-order chi connectivity index (χ0) is 12.3. The normalized spacial score (nSPS) is 15.0. The molecule has 1 aromatic rings. The summed E-state index contributed by atoms with van der Waals surface area (Å²) in [5.41, 5.74) is 6.87. The molecular formula is C12H18BrN3O. The van der Waals surface area contributed by atoms with Crippen LogP contribution in [-0.2, 0) is 11.3 Å². The van der Waals surface area contributed by atoms with Gasteiger partial charge in [-0.25, -0.2) is 4.98 Å². The summed E-state index contributed by atoms with van der Waals surface area (Å²) in [7, 11) is 1.73. The van der Waals surface area contributed by atoms with E-state index >= 15 is 0 Å². The Labute approximate surface area is 110 Å². The molecule has 0 aliphatic heterocycles. The zero-order valence-electron chi connectivity index (χ0n) is 10.0. The standard InChI is InChI=1S/C12H18BrN3O/c1-17-5-4-16(11-2-3-11)12-9(7-14)6-10(13)8-15-12/h6,8,11H,2-5,7,14H2,1H3. The molecule has 17 heavy (non-hydrogen) atoms. The molecule has 1 aromatic heterocycles. The Morgan fingerprint density at radius 1 is 1.59 bits per heavy atom. The molecule has 0 spiro atoms. The van der Waals surface area contributed by atoms with Gasteiger partial charge in [-0.15, -0.1) is 0 Å². The quantitative estimate of drug-likeness (QED) is 0.872. The van der Waals surface area contributed by atoms with Crippen LogP contribution >= 0.6 is 15.9 Å². The van der Waals surface area contributed by atoms with E-state index in [0.29, 0.717) is 12.6 Å². The number of hydrogen-bond acceptors (Lipinski definition) is 4. The largest absolute Gasteiger partial charge is 0.383 e. The molecule has 0 saturated heterocycles. The molecule has 1 heterocycles. The molecule has 94 valence electrons. The van der Waals surface area contributed by atoms with Crippen LogP contribution in [0.25, 0.3) is 0 Å². The van der Waals surface area contributed by atoms with Crippen LogP contribution in [0.4, 0.5) is 5.82 Å². The maximum atomic E-state index is 5.79. The summed E-state index contributed by atoms with van der Waals surface area (Å²) in [5, 5.41) is 0. The lowest BCUT2D eigenvalue weighted by atomic mass is 10.2. The van der Waals surface area contributed by atoms with E-state index in [1.54, 1.807) is 7.11 Å². The number of nitrogens with two attached hydrogens (primary N) is 1. The van der Waals surface area contributed by atoms with E-state index in [9.17, 15) is 0 Å². The molecule has 0 aromatic carbocycles. The fraction of sp³-hybridized carbons (Fsp3) is 0.583. The fourth-order valence-corrected chi connectivity index (χ4v) is 2.30. The van der Waals surface area contributed by atoms with E-state index in [4.69, 9.17) is 10.5 Å². The molecule has 0 amide bonds. The SMILES string of the molecule is COCCN(c1ncc(Br)cc1CN)C1CC1. The Kier molecular flexibility index (Phi) is 4.36. The van der Waals surface area contributed by atoms with Crippen LogP contribution in [0.5, 0.6) is 0 Å². The number of nitrogens with zero attached hydrogens (tertiary/aromatic N) is 2. The van der Waals surface area contributed by atoms with Crippen molar-refractivity contribution in [1.29, 1.82) is 0 Å². The van der Waals surface area contributed by atoms with Gasteiger partial charge in [0.15, 0.2) is 0 Å². The highest BCUT2D eigenvalue weighted by Gasteiger charge is 2.30. The lowest BCUT2D eigenvalue weighted by Crippen LogP contribution is -2.31. The lowest BCUT2D eigenvalue weighted by Gasteiger charge is -2.25. The van der Waals surface area contributed by atoms with E-state index in [1.807, 2.05) is 12.3 Å². The Hall–Kier alpha value is -0.650. The van der Waals surface area contributed by atoms with Crippen molar-refractivity contribution in [3.8, 4) is 0 Å². The third kappa shape index (κ3) is 3.18. The van der Waals surface area contributed by atoms with Gasteiger partial charge >= 0.3 is 0 Å². The Bertz CT molecular complexity index is 382. The number of halogens is 1. The topological polar surface area (TPSA) is 51.4 Å². The third-order valence-electron chi connectivity index (χ3n) is 2.93. The highest BCUT2D eigenvalue weighted by atomic mass is 79.9. The molecule has 1 saturated carbocycles. The van der Waals surface area contributed by atoms with Gasteiger partial charge < -0.3 is 15.4 Å². The molecule has 0 atom stereocenters. The first-order valence-electron chi connectivity index (χ1n) is 5.86. The van der Waals surface area contributed by atoms with E-state index in [0.717, 1.165) is 29.0 Å². The van der Waals surface area contributed by atoms with Gasteiger partial charge in [-0.3, -0.25) is 0 Å². The average molecular weight is 300 g/mol. The van der Waals surface area contributed by atoms with Crippen LogP contribution in [0.2, 0.25) is 0 Å². The van der Waals surface area contributed by atoms with E-state index in [-0.39, 0.29) is 0 Å². The molecule has 0 radical (unpaired) electrons. The highest BCUT2D eigenvalue weighted by molar-refractivity contribution is 9.10. The molecule has 4 nitrogen and oxygen atoms in total. The van der Waals surface area contributed by atoms with Crippen LogP contribution in [0.1, 0.15) is 18.4 Å². The molecule has 1 aliphatic rings. The number of ether oxygens (including phenoxy) is 1. The zero-order valence-corrected chi connectivity index (χ0v) is 11.6. The summed E-state index contributed by atoms with van der Waals surface area (Å²) >= 11 is 3.43. The summed E-state index contributed by atoms with van der Waals surface area (Å²) < 4.78 is 6.14. The molecule has 2 N–H and O–H groups in total. The van der Waals surface area contributed by atoms with Crippen molar-refractivity contribution >= 4 is 21.7 Å². The third-order valence-corrected chi connectivity index (χ3v) is 3.36. The Morgan fingerprint density at radius 2 is 2.35 bits per heavy atom. The van der Waals surface area contributed by atoms with Gasteiger partial charge in [-0.2, -0.15) is 0 Å². The maximum Gasteiger partial charge on any atom is 0.133 e. The van der Waals surface area contributed by atoms with Crippen molar-refractivity contribution in [3.05, 3.63) is 22.3 Å². The maximum absolute atomic E-state index is 5.79. The van der Waals surface area contributed by atoms with Crippen molar-refractivity contribution in [2.45, 2.75) is 25.4 Å². The predicted octanol–water partition coefficient (Wildman–Crippen LogP) is 1.92. The number of pyridine rings is 1. The van der Waals surface area contributed by atoms with Gasteiger partial charge in [0, 0.05) is 42.5 Å². The minimum absolute atomic E-state index is 0.512. The van der Waals surface area contributed by atoms with Crippen molar-refractivity contribution in [3.63, 3.8) is 0 Å². The van der Waals surface area contributed by atoms with Gasteiger partial charge in [-0.1, -0.05) is 0 Å². The van der Waals surface area contributed by atoms with Gasteiger partial charge in [0.2, 0.25) is 0 Å². The van der Waals surface area contributed by atoms with Gasteiger partial charge in [0.1, 0.15) is 5.82 Å². The second-order valence-corrected chi connectivity index (χ2v) is 5.17. The average Bonchev–Trinajstić information content (AvgIpc) is 3.15. The lowest BCUT2D eigenvalue weighted by molar-refractivity contribution is 0.204. The minimum atomic E-state index is 0.512. The highest BCUT2D eigenvalue weighted by Crippen LogP contribution is 2.32. The summed E-state index contributed by atoms with van der Waals surface area (Å²) in [5.74, 6) is 1.01. The van der Waals surface area contributed by atoms with Crippen molar-refractivity contribution in [2.24, 2.45) is 5.73 Å². The molecule has 0 unspecified atom stereocenters. The monoisotopic (exact) mass is 299 g/mol. The van der Waals surface area contributed by atoms with Gasteiger partial charge in [0.25, 0.3) is 0 Å². The summed E-state index contributed by atoms with van der Waals surface area (Å²) in [6.45, 7) is 2.11. The fourth-order valence-electron chi connectivity index (χ4n) is 1.92. The summed E-state index contributed by atoms with van der Waals surface area (Å²) in [6, 6.07) is 2.66. The number of hydrogen-bond donors (Lipinski definition) is 1. The first-order valence-corrected chi connectivity index (χ1v) is 6.65. The van der Waals surface area contributed by atoms with Crippen LogP contribution < -0.4 is 10.6 Å². The molecule has 0 bridgehead atoms. The summed E-state index contributed by atoms with van der Waals surface area (Å²) in [6.07, 6.45) is 4.31. The molecule has 1 fully saturated rings. The summed E-state index contributed by atoms with van der Waals surface area (Å²) in [4.78, 5) is 6.82. The molecule has 5 heteroatoms. The van der Waals surface area contributed by atoms with Crippen LogP contribution in [0, 0.1) is 0 Å². The van der Waals surface area contributed by atoms with E-state index in [2.05, 4.69) is 25.8 Å². The van der Waals surface area contributed by atoms with E-state index in [1.165, 1.54) is 12.8 Å². The van der Waals surface area contributed by atoms with Gasteiger partial charge in [-0.05, 0) is 34.8 Å². The van der Waals surface area contributed by atoms with Crippen molar-refractivity contribution in [2.75, 3.05) is 25.2 Å². The predicted molar refractivity (Wildman–Crippen MR) is 72.1 cm³/mol. The first-order chi connectivity index (χ1) is 8.26. The molecule has 1 aliphatic carbocycles. The second-order valence-electron chi connectivity index (χ2n) is 4.26. The van der Waals surface area contributed by atoms with Gasteiger partial charge in [0.05, 0.1) is 6.61 Å². The van der Waals surface area contributed by atoms with Crippen molar-refractivity contribution < 1.29 is 4.74 Å². The minimum Gasteiger partial charge on any atom is -0.383 e. The number of aromatic nitrogens is 1. The number of anilines is 1. The van der Waals surface area contributed by atoms with E-state index < -0.39 is 0 Å². The number of methoxy groups -OCH3 is 1.